The Kier molecular flexibility index (Phi) is 5.63. The summed E-state index contributed by atoms with van der Waals surface area (Å²) in [7, 11) is 1.55. The van der Waals surface area contributed by atoms with Crippen LogP contribution in [0.3, 0.4) is 0 Å². The molecule has 0 spiro atoms. The molecule has 0 saturated heterocycles. The topological polar surface area (TPSA) is 72.1 Å². The normalized spacial score (nSPS) is 10.7. The van der Waals surface area contributed by atoms with Crippen LogP contribution in [-0.2, 0) is 6.42 Å². The molecule has 0 fully saturated rings. The summed E-state index contributed by atoms with van der Waals surface area (Å²) in [4.78, 5) is 24.1. The number of ether oxygens (including phenoxy) is 1. The number of methoxy groups -OCH3 is 1. The Balaban J connectivity index is 2.01. The number of nitrogens with one attached hydrogen (secondary N) is 1. The van der Waals surface area contributed by atoms with E-state index in [4.69, 9.17) is 27.9 Å². The first-order valence-electron chi connectivity index (χ1n) is 8.11. The van der Waals surface area contributed by atoms with Crippen LogP contribution in [0.2, 0.25) is 10.0 Å². The van der Waals surface area contributed by atoms with Gasteiger partial charge in [-0.2, -0.15) is 5.10 Å². The van der Waals surface area contributed by atoms with Crippen LogP contribution >= 0.6 is 23.2 Å². The van der Waals surface area contributed by atoms with E-state index in [0.717, 1.165) is 11.1 Å². The van der Waals surface area contributed by atoms with E-state index in [9.17, 15) is 9.59 Å². The zero-order valence-corrected chi connectivity index (χ0v) is 16.2. The molecule has 0 aliphatic rings. The second kappa shape index (κ2) is 7.94. The maximum atomic E-state index is 13.0. The van der Waals surface area contributed by atoms with E-state index in [2.05, 4.69) is 10.2 Å². The lowest BCUT2D eigenvalue weighted by Gasteiger charge is -2.12. The number of nitrogens with zero attached hydrogens (tertiary/aromatic N) is 1. The Morgan fingerprint density at radius 2 is 1.81 bits per heavy atom. The molecule has 0 unspecified atom stereocenters. The highest BCUT2D eigenvalue weighted by molar-refractivity contribution is 6.41. The number of hydrogen-bond donors (Lipinski definition) is 1. The van der Waals surface area contributed by atoms with Gasteiger partial charge in [-0.3, -0.25) is 9.59 Å². The minimum atomic E-state index is -0.279. The molecule has 1 aromatic heterocycles. The molecule has 3 aromatic rings. The van der Waals surface area contributed by atoms with Gasteiger partial charge in [0.2, 0.25) is 0 Å². The van der Waals surface area contributed by atoms with Crippen molar-refractivity contribution in [3.8, 4) is 5.75 Å². The number of benzene rings is 2. The predicted octanol–water partition coefficient (Wildman–Crippen LogP) is 4.22. The number of aryl methyl sites for hydroxylation is 1. The molecule has 27 heavy (non-hydrogen) atoms. The van der Waals surface area contributed by atoms with Gasteiger partial charge in [-0.25, -0.2) is 5.10 Å². The Hall–Kier alpha value is -2.63. The van der Waals surface area contributed by atoms with Gasteiger partial charge in [-0.05, 0) is 48.9 Å². The number of rotatable bonds is 5. The molecule has 0 saturated carbocycles. The van der Waals surface area contributed by atoms with Crippen molar-refractivity contribution in [2.24, 2.45) is 0 Å². The first kappa shape index (κ1) is 19.1. The monoisotopic (exact) mass is 402 g/mol. The summed E-state index contributed by atoms with van der Waals surface area (Å²) in [5.41, 5.74) is 2.69. The minimum Gasteiger partial charge on any atom is -0.496 e. The van der Waals surface area contributed by atoms with Crippen molar-refractivity contribution in [1.29, 1.82) is 0 Å². The van der Waals surface area contributed by atoms with Crippen LogP contribution in [-0.4, -0.2) is 23.1 Å². The number of hydrogen-bond acceptors (Lipinski definition) is 4. The van der Waals surface area contributed by atoms with Crippen molar-refractivity contribution in [2.75, 3.05) is 7.11 Å². The van der Waals surface area contributed by atoms with E-state index in [1.807, 2.05) is 6.92 Å². The molecule has 7 heteroatoms. The van der Waals surface area contributed by atoms with Crippen molar-refractivity contribution in [3.63, 3.8) is 0 Å². The second-order valence-electron chi connectivity index (χ2n) is 6.05. The number of H-pyrrole nitrogens is 1. The quantitative estimate of drug-likeness (QED) is 0.648. The first-order valence-corrected chi connectivity index (χ1v) is 8.86. The van der Waals surface area contributed by atoms with E-state index in [1.165, 1.54) is 6.07 Å². The SMILES string of the molecule is COc1ccc(C(=O)c2c(Cl)cc(C)cc2Cl)cc1Cc1ccc(=O)[nH]n1. The van der Waals surface area contributed by atoms with Gasteiger partial charge in [0.25, 0.3) is 5.56 Å². The summed E-state index contributed by atoms with van der Waals surface area (Å²) in [6.45, 7) is 1.86. The number of ketones is 1. The summed E-state index contributed by atoms with van der Waals surface area (Å²) in [6, 6.07) is 11.5. The third-order valence-electron chi connectivity index (χ3n) is 4.06. The van der Waals surface area contributed by atoms with Crippen molar-refractivity contribution in [3.05, 3.63) is 90.8 Å². The number of aromatic nitrogens is 2. The molecule has 0 atom stereocenters. The second-order valence-corrected chi connectivity index (χ2v) is 6.86. The maximum absolute atomic E-state index is 13.0. The van der Waals surface area contributed by atoms with Crippen LogP contribution in [0.5, 0.6) is 5.75 Å². The third-order valence-corrected chi connectivity index (χ3v) is 4.66. The fourth-order valence-corrected chi connectivity index (χ4v) is 3.55. The Labute approximate surface area is 165 Å². The largest absolute Gasteiger partial charge is 0.496 e. The minimum absolute atomic E-state index is 0.266. The van der Waals surface area contributed by atoms with Gasteiger partial charge in [0, 0.05) is 23.6 Å². The highest BCUT2D eigenvalue weighted by Gasteiger charge is 2.19. The van der Waals surface area contributed by atoms with Gasteiger partial charge in [0.15, 0.2) is 5.78 Å². The lowest BCUT2D eigenvalue weighted by atomic mass is 9.98. The molecule has 1 N–H and O–H groups in total. The average Bonchev–Trinajstić information content (AvgIpc) is 2.62. The van der Waals surface area contributed by atoms with Crippen molar-refractivity contribution < 1.29 is 9.53 Å². The van der Waals surface area contributed by atoms with Gasteiger partial charge in [-0.1, -0.05) is 23.2 Å². The van der Waals surface area contributed by atoms with Crippen molar-refractivity contribution in [2.45, 2.75) is 13.3 Å². The lowest BCUT2D eigenvalue weighted by molar-refractivity contribution is 0.103. The smallest absolute Gasteiger partial charge is 0.264 e. The number of aromatic amines is 1. The Bertz CT molecular complexity index is 1030. The third kappa shape index (κ3) is 4.21. The molecule has 0 bridgehead atoms. The summed E-state index contributed by atoms with van der Waals surface area (Å²) >= 11 is 12.5. The van der Waals surface area contributed by atoms with Crippen LogP contribution in [0.25, 0.3) is 0 Å². The Morgan fingerprint density at radius 3 is 2.41 bits per heavy atom. The summed E-state index contributed by atoms with van der Waals surface area (Å²) in [6.07, 6.45) is 0.385. The maximum Gasteiger partial charge on any atom is 0.264 e. The number of carbonyl (C=O) groups is 1. The highest BCUT2D eigenvalue weighted by atomic mass is 35.5. The van der Waals surface area contributed by atoms with E-state index < -0.39 is 0 Å². The fourth-order valence-electron chi connectivity index (χ4n) is 2.79. The molecular weight excluding hydrogens is 387 g/mol. The standard InChI is InChI=1S/C20H16Cl2N2O3/c1-11-7-15(21)19(16(22)8-11)20(26)12-3-5-17(27-2)13(9-12)10-14-4-6-18(25)24-23-14/h3-9H,10H2,1-2H3,(H,24,25). The molecule has 2 aromatic carbocycles. The van der Waals surface area contributed by atoms with Crippen LogP contribution in [0, 0.1) is 6.92 Å². The molecule has 5 nitrogen and oxygen atoms in total. The number of carbonyl (C=O) groups excluding carboxylic acids is 1. The molecule has 0 amide bonds. The van der Waals surface area contributed by atoms with Gasteiger partial charge >= 0.3 is 0 Å². The summed E-state index contributed by atoms with van der Waals surface area (Å²) in [5.74, 6) is 0.337. The molecule has 0 radical (unpaired) electrons. The van der Waals surface area contributed by atoms with Gasteiger partial charge in [-0.15, -0.1) is 0 Å². The lowest BCUT2D eigenvalue weighted by Crippen LogP contribution is -2.09. The fraction of sp³-hybridized carbons (Fsp3) is 0.150. The summed E-state index contributed by atoms with van der Waals surface area (Å²) < 4.78 is 5.38. The van der Waals surface area contributed by atoms with E-state index in [1.54, 1.807) is 43.5 Å². The Morgan fingerprint density at radius 1 is 1.11 bits per heavy atom. The van der Waals surface area contributed by atoms with Crippen molar-refractivity contribution in [1.82, 2.24) is 10.2 Å². The molecule has 0 aliphatic heterocycles. The van der Waals surface area contributed by atoms with Gasteiger partial charge in [0.05, 0.1) is 28.4 Å². The van der Waals surface area contributed by atoms with Crippen LogP contribution in [0.1, 0.15) is 32.7 Å². The first-order chi connectivity index (χ1) is 12.9. The highest BCUT2D eigenvalue weighted by Crippen LogP contribution is 2.30. The molecular formula is C20H16Cl2N2O3. The molecule has 3 rings (SSSR count). The number of halogens is 2. The van der Waals surface area contributed by atoms with E-state index in [-0.39, 0.29) is 16.9 Å². The van der Waals surface area contributed by atoms with Gasteiger partial charge < -0.3 is 4.74 Å². The van der Waals surface area contributed by atoms with Crippen LogP contribution < -0.4 is 10.3 Å². The van der Waals surface area contributed by atoms with Crippen LogP contribution in [0.4, 0.5) is 0 Å². The van der Waals surface area contributed by atoms with E-state index in [0.29, 0.717) is 33.5 Å². The van der Waals surface area contributed by atoms with Gasteiger partial charge in [0.1, 0.15) is 5.75 Å². The van der Waals surface area contributed by atoms with Crippen LogP contribution in [0.15, 0.2) is 47.3 Å². The zero-order chi connectivity index (χ0) is 19.6. The molecule has 138 valence electrons. The zero-order valence-electron chi connectivity index (χ0n) is 14.7. The molecule has 0 aliphatic carbocycles. The predicted molar refractivity (Wildman–Crippen MR) is 105 cm³/mol. The average molecular weight is 403 g/mol. The molecule has 1 heterocycles. The summed E-state index contributed by atoms with van der Waals surface area (Å²) in [5, 5.41) is 7.01. The van der Waals surface area contributed by atoms with E-state index >= 15 is 0 Å². The van der Waals surface area contributed by atoms with Crippen molar-refractivity contribution >= 4 is 29.0 Å².